The molecule has 0 bridgehead atoms. The van der Waals surface area contributed by atoms with Gasteiger partial charge in [0.15, 0.2) is 0 Å². The van der Waals surface area contributed by atoms with Gasteiger partial charge >= 0.3 is 11.9 Å². The maximum Gasteiger partial charge on any atom is 0.339 e. The molecule has 0 heterocycles. The van der Waals surface area contributed by atoms with Crippen molar-refractivity contribution >= 4 is 11.9 Å². The highest BCUT2D eigenvalue weighted by atomic mass is 16.5. The lowest BCUT2D eigenvalue weighted by molar-refractivity contribution is 0.0502. The summed E-state index contributed by atoms with van der Waals surface area (Å²) in [5.74, 6) is -1.08. The van der Waals surface area contributed by atoms with E-state index in [2.05, 4.69) is 13.2 Å². The van der Waals surface area contributed by atoms with Crippen LogP contribution in [-0.2, 0) is 9.47 Å². The van der Waals surface area contributed by atoms with Gasteiger partial charge in [-0.1, -0.05) is 48.6 Å². The minimum absolute atomic E-state index is 0.170. The summed E-state index contributed by atoms with van der Waals surface area (Å²) in [6, 6.07) is 6.52. The van der Waals surface area contributed by atoms with Gasteiger partial charge in [-0.25, -0.2) is 9.59 Å². The number of rotatable bonds is 14. The Balaban J connectivity index is 2.49. The molecule has 0 saturated heterocycles. The van der Waals surface area contributed by atoms with Gasteiger partial charge in [-0.15, -0.1) is 13.2 Å². The summed E-state index contributed by atoms with van der Waals surface area (Å²) >= 11 is 0. The fraction of sp³-hybridized carbons (Fsp3) is 0.333. The molecular formula is C24H30O4. The Kier molecular flexibility index (Phi) is 12.6. The van der Waals surface area contributed by atoms with E-state index in [-0.39, 0.29) is 24.3 Å². The number of carbonyl (C=O) groups excluding carboxylic acids is 2. The van der Waals surface area contributed by atoms with Crippen LogP contribution < -0.4 is 0 Å². The Morgan fingerprint density at radius 2 is 1.14 bits per heavy atom. The average Bonchev–Trinajstić information content (AvgIpc) is 2.72. The Hall–Kier alpha value is -2.88. The van der Waals surface area contributed by atoms with Gasteiger partial charge in [-0.3, -0.25) is 0 Å². The molecule has 150 valence electrons. The van der Waals surface area contributed by atoms with E-state index in [9.17, 15) is 9.59 Å². The third kappa shape index (κ3) is 9.72. The predicted octanol–water partition coefficient (Wildman–Crippen LogP) is 5.83. The van der Waals surface area contributed by atoms with E-state index < -0.39 is 11.9 Å². The molecule has 1 aromatic rings. The Morgan fingerprint density at radius 3 is 1.54 bits per heavy atom. The van der Waals surface area contributed by atoms with Crippen molar-refractivity contribution in [3.05, 3.63) is 85.0 Å². The molecule has 0 aliphatic rings. The molecule has 1 aromatic carbocycles. The van der Waals surface area contributed by atoms with Crippen LogP contribution in [0, 0.1) is 0 Å². The predicted molar refractivity (Wildman–Crippen MR) is 113 cm³/mol. The zero-order valence-electron chi connectivity index (χ0n) is 16.5. The Labute approximate surface area is 168 Å². The summed E-state index contributed by atoms with van der Waals surface area (Å²) < 4.78 is 10.5. The number of benzene rings is 1. The smallest absolute Gasteiger partial charge is 0.339 e. The van der Waals surface area contributed by atoms with Crippen LogP contribution in [0.4, 0.5) is 0 Å². The fourth-order valence-corrected chi connectivity index (χ4v) is 2.37. The van der Waals surface area contributed by atoms with Gasteiger partial charge < -0.3 is 9.47 Å². The monoisotopic (exact) mass is 382 g/mol. The van der Waals surface area contributed by atoms with Crippen LogP contribution >= 0.6 is 0 Å². The first-order valence-corrected chi connectivity index (χ1v) is 9.65. The van der Waals surface area contributed by atoms with E-state index in [1.165, 1.54) is 0 Å². The first-order chi connectivity index (χ1) is 13.7. The molecule has 28 heavy (non-hydrogen) atoms. The van der Waals surface area contributed by atoms with Crippen LogP contribution in [0.15, 0.2) is 73.9 Å². The first-order valence-electron chi connectivity index (χ1n) is 9.65. The summed E-state index contributed by atoms with van der Waals surface area (Å²) in [6.07, 6.45) is 17.1. The van der Waals surface area contributed by atoms with E-state index >= 15 is 0 Å². The van der Waals surface area contributed by atoms with Gasteiger partial charge in [-0.05, 0) is 50.7 Å². The molecule has 0 spiro atoms. The number of hydrogen-bond acceptors (Lipinski definition) is 4. The molecule has 4 nitrogen and oxygen atoms in total. The summed E-state index contributed by atoms with van der Waals surface area (Å²) in [5.41, 5.74) is 0.421. The van der Waals surface area contributed by atoms with Crippen LogP contribution in [0.3, 0.4) is 0 Å². The molecule has 4 heteroatoms. The van der Waals surface area contributed by atoms with Gasteiger partial charge in [0, 0.05) is 0 Å². The van der Waals surface area contributed by atoms with Crippen molar-refractivity contribution in [3.8, 4) is 0 Å². The number of unbranched alkanes of at least 4 members (excludes halogenated alkanes) is 4. The molecule has 0 atom stereocenters. The van der Waals surface area contributed by atoms with Crippen molar-refractivity contribution < 1.29 is 19.1 Å². The van der Waals surface area contributed by atoms with Gasteiger partial charge in [0.05, 0.1) is 11.1 Å². The normalized spacial score (nSPS) is 10.9. The van der Waals surface area contributed by atoms with E-state index in [0.717, 1.165) is 38.5 Å². The lowest BCUT2D eigenvalue weighted by Gasteiger charge is -2.08. The van der Waals surface area contributed by atoms with Crippen molar-refractivity contribution in [3.63, 3.8) is 0 Å². The number of carbonyl (C=O) groups is 2. The second-order valence-electron chi connectivity index (χ2n) is 6.12. The van der Waals surface area contributed by atoms with Crippen molar-refractivity contribution in [2.24, 2.45) is 0 Å². The number of hydrogen-bond donors (Lipinski definition) is 0. The highest BCUT2D eigenvalue weighted by Crippen LogP contribution is 2.12. The van der Waals surface area contributed by atoms with Gasteiger partial charge in [0.25, 0.3) is 0 Å². The highest BCUT2D eigenvalue weighted by Gasteiger charge is 2.18. The maximum absolute atomic E-state index is 12.3. The van der Waals surface area contributed by atoms with Crippen molar-refractivity contribution in [2.45, 2.75) is 38.5 Å². The number of allylic oxidation sites excluding steroid dienone is 4. The topological polar surface area (TPSA) is 52.6 Å². The molecule has 0 aliphatic carbocycles. The van der Waals surface area contributed by atoms with Crippen LogP contribution in [0.25, 0.3) is 0 Å². The molecule has 0 fully saturated rings. The molecule has 0 N–H and O–H groups in total. The van der Waals surface area contributed by atoms with Gasteiger partial charge in [-0.2, -0.15) is 0 Å². The van der Waals surface area contributed by atoms with Gasteiger partial charge in [0.2, 0.25) is 0 Å². The molecule has 1 rings (SSSR count). The quantitative estimate of drug-likeness (QED) is 0.231. The lowest BCUT2D eigenvalue weighted by Crippen LogP contribution is -2.14. The lowest BCUT2D eigenvalue weighted by atomic mass is 10.1. The van der Waals surface area contributed by atoms with E-state index in [4.69, 9.17) is 9.47 Å². The largest absolute Gasteiger partial charge is 0.458 e. The SMILES string of the molecule is C=CCCCC=CCOC(=O)c1ccccc1C(=O)OCC=CCCCC=C. The van der Waals surface area contributed by atoms with E-state index in [1.54, 1.807) is 36.4 Å². The molecule has 0 unspecified atom stereocenters. The minimum atomic E-state index is -0.539. The van der Waals surface area contributed by atoms with E-state index in [0.29, 0.717) is 0 Å². The van der Waals surface area contributed by atoms with Crippen LogP contribution in [0.1, 0.15) is 59.2 Å². The summed E-state index contributed by atoms with van der Waals surface area (Å²) in [7, 11) is 0. The first kappa shape index (κ1) is 23.2. The molecule has 0 amide bonds. The third-order valence-electron chi connectivity index (χ3n) is 3.88. The second-order valence-corrected chi connectivity index (χ2v) is 6.12. The third-order valence-corrected chi connectivity index (χ3v) is 3.88. The molecule has 0 aromatic heterocycles. The average molecular weight is 383 g/mol. The van der Waals surface area contributed by atoms with Crippen LogP contribution in [0.2, 0.25) is 0 Å². The van der Waals surface area contributed by atoms with E-state index in [1.807, 2.05) is 24.3 Å². The van der Waals surface area contributed by atoms with Gasteiger partial charge in [0.1, 0.15) is 13.2 Å². The minimum Gasteiger partial charge on any atom is -0.458 e. The van der Waals surface area contributed by atoms with Crippen molar-refractivity contribution in [1.29, 1.82) is 0 Å². The van der Waals surface area contributed by atoms with Crippen molar-refractivity contribution in [2.75, 3.05) is 13.2 Å². The second kappa shape index (κ2) is 15.2. The summed E-state index contributed by atoms with van der Waals surface area (Å²) in [5, 5.41) is 0. The zero-order valence-corrected chi connectivity index (χ0v) is 16.5. The highest BCUT2D eigenvalue weighted by molar-refractivity contribution is 6.03. The van der Waals surface area contributed by atoms with Crippen LogP contribution in [-0.4, -0.2) is 25.2 Å². The fourth-order valence-electron chi connectivity index (χ4n) is 2.37. The molecular weight excluding hydrogens is 352 g/mol. The molecule has 0 aliphatic heterocycles. The molecule has 0 radical (unpaired) electrons. The van der Waals surface area contributed by atoms with Crippen molar-refractivity contribution in [1.82, 2.24) is 0 Å². The molecule has 0 saturated carbocycles. The zero-order chi connectivity index (χ0) is 20.5. The maximum atomic E-state index is 12.3. The number of esters is 2. The Morgan fingerprint density at radius 1 is 0.714 bits per heavy atom. The number of ether oxygens (including phenoxy) is 2. The Bertz CT molecular complexity index is 627. The van der Waals surface area contributed by atoms with Crippen LogP contribution in [0.5, 0.6) is 0 Å². The standard InChI is InChI=1S/C24H30O4/c1-3-5-7-9-11-15-19-27-23(25)21-17-13-14-18-22(21)24(26)28-20-16-12-10-8-6-4-2/h3-4,11-18H,1-2,5-10,19-20H2. The summed E-state index contributed by atoms with van der Waals surface area (Å²) in [4.78, 5) is 24.6. The summed E-state index contributed by atoms with van der Waals surface area (Å²) in [6.45, 7) is 7.69.